The second kappa shape index (κ2) is 13.8. The summed E-state index contributed by atoms with van der Waals surface area (Å²) < 4.78 is 5.68. The number of hydrogen-bond donors (Lipinski definition) is 2. The average Bonchev–Trinajstić information content (AvgIpc) is 2.52. The fraction of sp³-hybridized carbons (Fsp3) is 1.00. The summed E-state index contributed by atoms with van der Waals surface area (Å²) in [5.41, 5.74) is 5.80. The second-order valence-electron chi connectivity index (χ2n) is 5.30. The third kappa shape index (κ3) is 8.90. The molecular weight excluding hydrogens is 250 g/mol. The molecule has 1 aliphatic rings. The molecule has 0 bridgehead atoms. The fourth-order valence-electron chi connectivity index (χ4n) is 2.43. The highest BCUT2D eigenvalue weighted by atomic mass is 16.5. The van der Waals surface area contributed by atoms with Crippen LogP contribution in [0.15, 0.2) is 0 Å². The van der Waals surface area contributed by atoms with Crippen LogP contribution in [0.4, 0.5) is 0 Å². The van der Waals surface area contributed by atoms with Crippen LogP contribution in [-0.4, -0.2) is 56.4 Å². The van der Waals surface area contributed by atoms with Crippen molar-refractivity contribution in [1.82, 2.24) is 10.2 Å². The summed E-state index contributed by atoms with van der Waals surface area (Å²) >= 11 is 0. The number of likely N-dealkylation sites (tertiary alicyclic amines) is 1. The Hall–Kier alpha value is -0.160. The van der Waals surface area contributed by atoms with Gasteiger partial charge in [-0.25, -0.2) is 0 Å². The number of hydrogen-bond acceptors (Lipinski definition) is 4. The highest BCUT2D eigenvalue weighted by Crippen LogP contribution is 2.15. The fourth-order valence-corrected chi connectivity index (χ4v) is 2.43. The normalized spacial score (nSPS) is 21.1. The molecular formula is C16H41N3O. The molecule has 20 heavy (non-hydrogen) atoms. The Bertz CT molecular complexity index is 212. The molecule has 0 aromatic carbocycles. The van der Waals surface area contributed by atoms with E-state index in [0.717, 1.165) is 32.8 Å². The number of rotatable bonds is 9. The predicted octanol–water partition coefficient (Wildman–Crippen LogP) is 2.72. The van der Waals surface area contributed by atoms with Crippen molar-refractivity contribution in [3.05, 3.63) is 0 Å². The number of nitrogens with one attached hydrogen (secondary N) is 1. The van der Waals surface area contributed by atoms with Gasteiger partial charge in [-0.3, -0.25) is 4.90 Å². The van der Waals surface area contributed by atoms with Gasteiger partial charge >= 0.3 is 0 Å². The average molecular weight is 292 g/mol. The van der Waals surface area contributed by atoms with E-state index in [4.69, 9.17) is 10.5 Å². The lowest BCUT2D eigenvalue weighted by atomic mass is 10.0. The van der Waals surface area contributed by atoms with Gasteiger partial charge in [0.25, 0.3) is 0 Å². The van der Waals surface area contributed by atoms with Crippen molar-refractivity contribution in [3.63, 3.8) is 0 Å². The van der Waals surface area contributed by atoms with Crippen LogP contribution in [0.5, 0.6) is 0 Å². The maximum absolute atomic E-state index is 5.80. The molecule has 4 nitrogen and oxygen atoms in total. The van der Waals surface area contributed by atoms with Gasteiger partial charge in [0, 0.05) is 34.6 Å². The highest BCUT2D eigenvalue weighted by Gasteiger charge is 2.20. The summed E-state index contributed by atoms with van der Waals surface area (Å²) in [6.07, 6.45) is 5.07. The molecule has 1 aliphatic heterocycles. The molecule has 126 valence electrons. The zero-order chi connectivity index (χ0) is 15.2. The van der Waals surface area contributed by atoms with Gasteiger partial charge in [-0.15, -0.1) is 0 Å². The van der Waals surface area contributed by atoms with E-state index in [1.54, 1.807) is 0 Å². The summed E-state index contributed by atoms with van der Waals surface area (Å²) in [5, 5.41) is 3.43. The molecule has 0 aromatic rings. The standard InChI is InChI=1S/C14H31N3O.C2H6.2H2/c1-3-13(2)16-7-10-18-11-9-17-8-5-4-6-14(17)12-15;1-2;;/h13-14,16H,3-12,15H2,1-2H3;1-2H3;2*1H. The first kappa shape index (κ1) is 19.8. The lowest BCUT2D eigenvalue weighted by Crippen LogP contribution is -2.45. The summed E-state index contributed by atoms with van der Waals surface area (Å²) in [5.74, 6) is 0. The van der Waals surface area contributed by atoms with Gasteiger partial charge in [-0.05, 0) is 32.7 Å². The minimum atomic E-state index is 0. The van der Waals surface area contributed by atoms with Crippen molar-refractivity contribution in [2.45, 2.75) is 65.5 Å². The summed E-state index contributed by atoms with van der Waals surface area (Å²) in [6, 6.07) is 1.18. The van der Waals surface area contributed by atoms with Crippen LogP contribution >= 0.6 is 0 Å². The smallest absolute Gasteiger partial charge is 0.0594 e. The van der Waals surface area contributed by atoms with Gasteiger partial charge in [0.15, 0.2) is 0 Å². The van der Waals surface area contributed by atoms with Crippen LogP contribution in [0.25, 0.3) is 0 Å². The number of ether oxygens (including phenoxy) is 1. The maximum Gasteiger partial charge on any atom is 0.0594 e. The van der Waals surface area contributed by atoms with Gasteiger partial charge < -0.3 is 15.8 Å². The summed E-state index contributed by atoms with van der Waals surface area (Å²) in [6.45, 7) is 14.0. The van der Waals surface area contributed by atoms with E-state index in [2.05, 4.69) is 24.1 Å². The highest BCUT2D eigenvalue weighted by molar-refractivity contribution is 4.77. The molecule has 0 aromatic heterocycles. The van der Waals surface area contributed by atoms with E-state index in [9.17, 15) is 0 Å². The zero-order valence-corrected chi connectivity index (χ0v) is 14.2. The van der Waals surface area contributed by atoms with Crippen LogP contribution < -0.4 is 11.1 Å². The summed E-state index contributed by atoms with van der Waals surface area (Å²) in [7, 11) is 0. The van der Waals surface area contributed by atoms with Crippen molar-refractivity contribution >= 4 is 0 Å². The van der Waals surface area contributed by atoms with Crippen molar-refractivity contribution in [3.8, 4) is 0 Å². The topological polar surface area (TPSA) is 50.5 Å². The lowest BCUT2D eigenvalue weighted by molar-refractivity contribution is 0.0743. The van der Waals surface area contributed by atoms with Crippen LogP contribution in [-0.2, 0) is 4.74 Å². The molecule has 1 fully saturated rings. The van der Waals surface area contributed by atoms with Gasteiger partial charge in [-0.1, -0.05) is 27.2 Å². The third-order valence-electron chi connectivity index (χ3n) is 3.90. The Morgan fingerprint density at radius 3 is 2.75 bits per heavy atom. The van der Waals surface area contributed by atoms with Gasteiger partial charge in [0.1, 0.15) is 0 Å². The Labute approximate surface area is 129 Å². The van der Waals surface area contributed by atoms with Crippen LogP contribution in [0.3, 0.4) is 0 Å². The van der Waals surface area contributed by atoms with Gasteiger partial charge in [0.05, 0.1) is 13.2 Å². The molecule has 0 saturated carbocycles. The quantitative estimate of drug-likeness (QED) is 0.641. The van der Waals surface area contributed by atoms with Gasteiger partial charge in [0.2, 0.25) is 0 Å². The number of piperidine rings is 1. The number of nitrogens with two attached hydrogens (primary N) is 1. The van der Waals surface area contributed by atoms with Crippen molar-refractivity contribution in [2.75, 3.05) is 39.4 Å². The Morgan fingerprint density at radius 1 is 1.35 bits per heavy atom. The van der Waals surface area contributed by atoms with E-state index >= 15 is 0 Å². The van der Waals surface area contributed by atoms with Gasteiger partial charge in [-0.2, -0.15) is 0 Å². The molecule has 1 saturated heterocycles. The second-order valence-corrected chi connectivity index (χ2v) is 5.30. The number of nitrogens with zero attached hydrogens (tertiary/aromatic N) is 1. The molecule has 4 heteroatoms. The molecule has 0 amide bonds. The Kier molecular flexibility index (Phi) is 13.7. The predicted molar refractivity (Wildman–Crippen MR) is 92.4 cm³/mol. The SMILES string of the molecule is CC.CCC(C)NCCOCCN1CCCCC1CN.[HH].[HH]. The van der Waals surface area contributed by atoms with Crippen molar-refractivity contribution in [1.29, 1.82) is 0 Å². The largest absolute Gasteiger partial charge is 0.379 e. The Morgan fingerprint density at radius 2 is 2.10 bits per heavy atom. The summed E-state index contributed by atoms with van der Waals surface area (Å²) in [4.78, 5) is 2.49. The molecule has 1 rings (SSSR count). The molecule has 0 spiro atoms. The van der Waals surface area contributed by atoms with E-state index in [1.165, 1.54) is 32.2 Å². The first-order chi connectivity index (χ1) is 9.77. The molecule has 2 atom stereocenters. The monoisotopic (exact) mass is 291 g/mol. The Balaban J connectivity index is -0.000000864. The van der Waals surface area contributed by atoms with E-state index < -0.39 is 0 Å². The first-order valence-electron chi connectivity index (χ1n) is 8.53. The minimum absolute atomic E-state index is 0. The van der Waals surface area contributed by atoms with Crippen LogP contribution in [0.2, 0.25) is 0 Å². The van der Waals surface area contributed by atoms with E-state index in [-0.39, 0.29) is 2.85 Å². The first-order valence-corrected chi connectivity index (χ1v) is 8.53. The molecule has 1 heterocycles. The molecule has 3 N–H and O–H groups in total. The molecule has 0 radical (unpaired) electrons. The van der Waals surface area contributed by atoms with E-state index in [0.29, 0.717) is 12.1 Å². The lowest BCUT2D eigenvalue weighted by Gasteiger charge is -2.34. The zero-order valence-electron chi connectivity index (χ0n) is 14.2. The molecule has 2 unspecified atom stereocenters. The van der Waals surface area contributed by atoms with Crippen molar-refractivity contribution < 1.29 is 7.59 Å². The maximum atomic E-state index is 5.80. The third-order valence-corrected chi connectivity index (χ3v) is 3.90. The van der Waals surface area contributed by atoms with E-state index in [1.807, 2.05) is 13.8 Å². The minimum Gasteiger partial charge on any atom is -0.379 e. The molecule has 0 aliphatic carbocycles. The van der Waals surface area contributed by atoms with Crippen LogP contribution in [0, 0.1) is 0 Å². The van der Waals surface area contributed by atoms with Crippen molar-refractivity contribution in [2.24, 2.45) is 5.73 Å². The van der Waals surface area contributed by atoms with Crippen LogP contribution in [0.1, 0.15) is 56.2 Å².